The van der Waals surface area contributed by atoms with Gasteiger partial charge in [-0.05, 0) is 19.2 Å². The Labute approximate surface area is 144 Å². The molecule has 0 bridgehead atoms. The molecular formula is C17H19FN6O. The maximum Gasteiger partial charge on any atom is 0.225 e. The molecule has 1 aliphatic rings. The molecule has 0 spiro atoms. The first-order valence-electron chi connectivity index (χ1n) is 8.16. The lowest BCUT2D eigenvalue weighted by molar-refractivity contribution is 0.285. The van der Waals surface area contributed by atoms with E-state index >= 15 is 0 Å². The van der Waals surface area contributed by atoms with E-state index in [0.29, 0.717) is 12.5 Å². The Balaban J connectivity index is 1.42. The molecule has 0 saturated heterocycles. The van der Waals surface area contributed by atoms with Crippen molar-refractivity contribution in [3.8, 4) is 0 Å². The van der Waals surface area contributed by atoms with Crippen LogP contribution in [0.2, 0.25) is 0 Å². The topological polar surface area (TPSA) is 63.2 Å². The first-order valence-corrected chi connectivity index (χ1v) is 8.16. The van der Waals surface area contributed by atoms with Gasteiger partial charge in [-0.3, -0.25) is 4.90 Å². The monoisotopic (exact) mass is 342 g/mol. The van der Waals surface area contributed by atoms with E-state index in [1.54, 1.807) is 6.26 Å². The smallest absolute Gasteiger partial charge is 0.225 e. The van der Waals surface area contributed by atoms with E-state index in [9.17, 15) is 4.39 Å². The van der Waals surface area contributed by atoms with Gasteiger partial charge < -0.3 is 13.9 Å². The van der Waals surface area contributed by atoms with Gasteiger partial charge >= 0.3 is 0 Å². The second kappa shape index (κ2) is 6.64. The molecule has 7 nitrogen and oxygen atoms in total. The minimum absolute atomic E-state index is 0.427. The average molecular weight is 342 g/mol. The fourth-order valence-electron chi connectivity index (χ4n) is 3.03. The number of rotatable bonds is 5. The number of furan rings is 1. The molecule has 0 unspecified atom stereocenters. The fourth-order valence-corrected chi connectivity index (χ4v) is 3.03. The summed E-state index contributed by atoms with van der Waals surface area (Å²) in [6.07, 6.45) is 6.16. The van der Waals surface area contributed by atoms with Crippen LogP contribution in [0.25, 0.3) is 0 Å². The van der Waals surface area contributed by atoms with Crippen molar-refractivity contribution in [1.29, 1.82) is 0 Å². The number of halogens is 1. The van der Waals surface area contributed by atoms with Gasteiger partial charge in [-0.25, -0.2) is 19.3 Å². The highest BCUT2D eigenvalue weighted by Gasteiger charge is 2.21. The molecule has 0 fully saturated rings. The first-order chi connectivity index (χ1) is 12.2. The van der Waals surface area contributed by atoms with Gasteiger partial charge in [0.15, 0.2) is 5.82 Å². The second-order valence-corrected chi connectivity index (χ2v) is 6.22. The lowest BCUT2D eigenvalue weighted by Gasteiger charge is -2.27. The van der Waals surface area contributed by atoms with E-state index in [0.717, 1.165) is 43.5 Å². The molecule has 0 aliphatic carbocycles. The van der Waals surface area contributed by atoms with Gasteiger partial charge in [0.1, 0.15) is 11.6 Å². The number of imidazole rings is 1. The van der Waals surface area contributed by atoms with Crippen LogP contribution in [0.4, 0.5) is 10.3 Å². The maximum absolute atomic E-state index is 13.0. The van der Waals surface area contributed by atoms with Crippen molar-refractivity contribution in [1.82, 2.24) is 24.4 Å². The van der Waals surface area contributed by atoms with Crippen LogP contribution >= 0.6 is 0 Å². The lowest BCUT2D eigenvalue weighted by Crippen LogP contribution is -2.34. The zero-order valence-electron chi connectivity index (χ0n) is 14.0. The Morgan fingerprint density at radius 1 is 1.24 bits per heavy atom. The minimum atomic E-state index is -0.427. The van der Waals surface area contributed by atoms with Crippen LogP contribution in [0.5, 0.6) is 0 Å². The molecule has 0 aromatic carbocycles. The Bertz CT molecular complexity index is 829. The van der Waals surface area contributed by atoms with Gasteiger partial charge in [0.2, 0.25) is 5.95 Å². The Hall–Kier alpha value is -2.74. The van der Waals surface area contributed by atoms with E-state index < -0.39 is 5.82 Å². The van der Waals surface area contributed by atoms with Gasteiger partial charge in [0.05, 0.1) is 37.4 Å². The van der Waals surface area contributed by atoms with Crippen LogP contribution < -0.4 is 4.90 Å². The van der Waals surface area contributed by atoms with E-state index in [-0.39, 0.29) is 0 Å². The third-order valence-corrected chi connectivity index (χ3v) is 4.18. The molecule has 4 rings (SSSR count). The maximum atomic E-state index is 13.0. The van der Waals surface area contributed by atoms with Crippen LogP contribution in [-0.2, 0) is 26.2 Å². The number of aromatic nitrogens is 4. The van der Waals surface area contributed by atoms with Crippen molar-refractivity contribution in [2.45, 2.75) is 26.2 Å². The quantitative estimate of drug-likeness (QED) is 0.707. The molecule has 8 heteroatoms. The third kappa shape index (κ3) is 3.53. The predicted molar refractivity (Wildman–Crippen MR) is 89.1 cm³/mol. The van der Waals surface area contributed by atoms with Gasteiger partial charge in [-0.1, -0.05) is 0 Å². The van der Waals surface area contributed by atoms with E-state index in [1.165, 1.54) is 12.4 Å². The summed E-state index contributed by atoms with van der Waals surface area (Å²) in [6, 6.07) is 3.86. The zero-order chi connectivity index (χ0) is 17.2. The van der Waals surface area contributed by atoms with Crippen LogP contribution in [0, 0.1) is 5.82 Å². The van der Waals surface area contributed by atoms with Gasteiger partial charge in [0.25, 0.3) is 0 Å². The van der Waals surface area contributed by atoms with E-state index in [4.69, 9.17) is 9.40 Å². The van der Waals surface area contributed by atoms with E-state index in [1.807, 2.05) is 24.1 Å². The second-order valence-electron chi connectivity index (χ2n) is 6.22. The van der Waals surface area contributed by atoms with E-state index in [2.05, 4.69) is 25.6 Å². The summed E-state index contributed by atoms with van der Waals surface area (Å²) in [5.74, 6) is 2.02. The number of hydrogen-bond acceptors (Lipinski definition) is 6. The molecule has 4 heterocycles. The van der Waals surface area contributed by atoms with Gasteiger partial charge in [-0.2, -0.15) is 0 Å². The fraction of sp³-hybridized carbons (Fsp3) is 0.353. The number of nitrogens with zero attached hydrogens (tertiary/aromatic N) is 6. The Kier molecular flexibility index (Phi) is 4.19. The van der Waals surface area contributed by atoms with Crippen LogP contribution in [-0.4, -0.2) is 38.0 Å². The third-order valence-electron chi connectivity index (χ3n) is 4.18. The van der Waals surface area contributed by atoms with Crippen LogP contribution in [0.15, 0.2) is 41.4 Å². The molecule has 1 aliphatic heterocycles. The van der Waals surface area contributed by atoms with Gasteiger partial charge in [-0.15, -0.1) is 0 Å². The summed E-state index contributed by atoms with van der Waals surface area (Å²) in [5.41, 5.74) is 1.02. The molecule has 3 aromatic rings. The minimum Gasteiger partial charge on any atom is -0.468 e. The normalized spacial score (nSPS) is 14.1. The molecular weight excluding hydrogens is 323 g/mol. The molecule has 0 atom stereocenters. The van der Waals surface area contributed by atoms with Crippen molar-refractivity contribution in [3.63, 3.8) is 0 Å². The van der Waals surface area contributed by atoms with Crippen molar-refractivity contribution >= 4 is 5.95 Å². The van der Waals surface area contributed by atoms with Crippen molar-refractivity contribution < 1.29 is 8.81 Å². The number of fused-ring (bicyclic) bond motifs is 1. The average Bonchev–Trinajstić information content (AvgIpc) is 3.23. The standard InChI is InChI=1S/C17H19FN6O/c1-22(11-15-3-2-6-25-15)9-14-10-23-4-5-24(12-16(23)21-14)17-19-7-13(18)8-20-17/h2-3,6-8,10H,4-5,9,11-12H2,1H3. The molecule has 25 heavy (non-hydrogen) atoms. The molecule has 0 N–H and O–H groups in total. The summed E-state index contributed by atoms with van der Waals surface area (Å²) in [5, 5.41) is 0. The summed E-state index contributed by atoms with van der Waals surface area (Å²) < 4.78 is 20.5. The van der Waals surface area contributed by atoms with Crippen molar-refractivity contribution in [2.75, 3.05) is 18.5 Å². The molecule has 0 saturated carbocycles. The van der Waals surface area contributed by atoms with Gasteiger partial charge in [0, 0.05) is 25.8 Å². The Morgan fingerprint density at radius 2 is 2.08 bits per heavy atom. The van der Waals surface area contributed by atoms with Crippen molar-refractivity contribution in [3.05, 3.63) is 60.1 Å². The summed E-state index contributed by atoms with van der Waals surface area (Å²) >= 11 is 0. The number of anilines is 1. The lowest BCUT2D eigenvalue weighted by atomic mass is 10.3. The highest BCUT2D eigenvalue weighted by atomic mass is 19.1. The van der Waals surface area contributed by atoms with Crippen molar-refractivity contribution in [2.24, 2.45) is 0 Å². The molecule has 3 aromatic heterocycles. The molecule has 0 radical (unpaired) electrons. The summed E-state index contributed by atoms with van der Waals surface area (Å²) in [4.78, 5) is 17.0. The molecule has 130 valence electrons. The highest BCUT2D eigenvalue weighted by Crippen LogP contribution is 2.18. The highest BCUT2D eigenvalue weighted by molar-refractivity contribution is 5.30. The van der Waals surface area contributed by atoms with Crippen LogP contribution in [0.3, 0.4) is 0 Å². The zero-order valence-corrected chi connectivity index (χ0v) is 14.0. The molecule has 0 amide bonds. The summed E-state index contributed by atoms with van der Waals surface area (Å²) in [6.45, 7) is 3.69. The SMILES string of the molecule is CN(Cc1cn2c(n1)CN(c1ncc(F)cn1)CC2)Cc1ccco1. The Morgan fingerprint density at radius 3 is 2.84 bits per heavy atom. The van der Waals surface area contributed by atoms with Crippen LogP contribution in [0.1, 0.15) is 17.3 Å². The number of hydrogen-bond donors (Lipinski definition) is 0. The predicted octanol–water partition coefficient (Wildman–Crippen LogP) is 2.06. The largest absolute Gasteiger partial charge is 0.468 e. The summed E-state index contributed by atoms with van der Waals surface area (Å²) in [7, 11) is 2.04. The first kappa shape index (κ1) is 15.8.